The summed E-state index contributed by atoms with van der Waals surface area (Å²) in [6, 6.07) is 6.11. The van der Waals surface area contributed by atoms with Crippen LogP contribution in [0.1, 0.15) is 29.0 Å². The molecule has 0 bridgehead atoms. The first-order valence-corrected chi connectivity index (χ1v) is 9.26. The summed E-state index contributed by atoms with van der Waals surface area (Å²) in [4.78, 5) is 15.2. The van der Waals surface area contributed by atoms with Crippen molar-refractivity contribution in [2.45, 2.75) is 26.3 Å². The summed E-state index contributed by atoms with van der Waals surface area (Å²) in [6.07, 6.45) is 1.03. The first-order valence-electron chi connectivity index (χ1n) is 7.62. The van der Waals surface area contributed by atoms with Gasteiger partial charge in [-0.05, 0) is 36.9 Å². The van der Waals surface area contributed by atoms with Crippen molar-refractivity contribution < 1.29 is 9.69 Å². The average Bonchev–Trinajstić information content (AvgIpc) is 3.00. The Morgan fingerprint density at radius 1 is 1.39 bits per heavy atom. The molecule has 2 atom stereocenters. The van der Waals surface area contributed by atoms with E-state index in [4.69, 9.17) is 23.2 Å². The zero-order chi connectivity index (χ0) is 16.6. The Balaban J connectivity index is 1.70. The number of nitrogens with one attached hydrogen (secondary N) is 2. The molecule has 2 heterocycles. The lowest BCUT2D eigenvalue weighted by Gasteiger charge is -2.30. The minimum absolute atomic E-state index is 0.0556. The van der Waals surface area contributed by atoms with E-state index >= 15 is 0 Å². The molecule has 3 rings (SSSR count). The van der Waals surface area contributed by atoms with Gasteiger partial charge in [-0.15, -0.1) is 11.3 Å². The molecular formula is C17H19Cl2N2OS+. The van der Waals surface area contributed by atoms with Crippen molar-refractivity contribution in [3.63, 3.8) is 0 Å². The maximum absolute atomic E-state index is 12.4. The number of hydrogen-bond acceptors (Lipinski definition) is 2. The number of amides is 1. The number of carbonyl (C=O) groups excluding carboxylic acids is 1. The average molecular weight is 370 g/mol. The van der Waals surface area contributed by atoms with Crippen molar-refractivity contribution in [1.29, 1.82) is 0 Å². The van der Waals surface area contributed by atoms with Crippen LogP contribution in [-0.2, 0) is 11.2 Å². The number of quaternary nitrogens is 1. The summed E-state index contributed by atoms with van der Waals surface area (Å²) >= 11 is 14.2. The van der Waals surface area contributed by atoms with Gasteiger partial charge in [0.1, 0.15) is 6.04 Å². The van der Waals surface area contributed by atoms with Gasteiger partial charge in [0.15, 0.2) is 6.54 Å². The first-order chi connectivity index (χ1) is 11.0. The highest BCUT2D eigenvalue weighted by atomic mass is 35.5. The Morgan fingerprint density at radius 3 is 2.96 bits per heavy atom. The van der Waals surface area contributed by atoms with Gasteiger partial charge >= 0.3 is 0 Å². The van der Waals surface area contributed by atoms with E-state index in [1.54, 1.807) is 6.07 Å². The summed E-state index contributed by atoms with van der Waals surface area (Å²) in [5.74, 6) is -0.0556. The number of hydrogen-bond donors (Lipinski definition) is 2. The van der Waals surface area contributed by atoms with E-state index in [1.807, 2.05) is 24.3 Å². The fourth-order valence-electron chi connectivity index (χ4n) is 3.05. The SMILES string of the molecule is Cc1ccc(Cl)c(NC(=O)C[NH+]2CCc3sccc3[C@H]2C)c1Cl. The van der Waals surface area contributed by atoms with Crippen LogP contribution in [0.3, 0.4) is 0 Å². The topological polar surface area (TPSA) is 33.5 Å². The summed E-state index contributed by atoms with van der Waals surface area (Å²) < 4.78 is 0. The molecule has 23 heavy (non-hydrogen) atoms. The number of thiophene rings is 1. The first kappa shape index (κ1) is 16.8. The molecule has 2 aromatic rings. The number of anilines is 1. The maximum atomic E-state index is 12.4. The molecule has 0 aliphatic carbocycles. The molecule has 0 saturated carbocycles. The lowest BCUT2D eigenvalue weighted by atomic mass is 10.0. The van der Waals surface area contributed by atoms with Crippen LogP contribution >= 0.6 is 34.5 Å². The van der Waals surface area contributed by atoms with E-state index in [0.29, 0.717) is 28.3 Å². The molecule has 6 heteroatoms. The third kappa shape index (κ3) is 3.41. The van der Waals surface area contributed by atoms with Gasteiger partial charge in [-0.3, -0.25) is 4.79 Å². The molecule has 1 amide bonds. The zero-order valence-electron chi connectivity index (χ0n) is 13.1. The minimum atomic E-state index is -0.0556. The van der Waals surface area contributed by atoms with Crippen LogP contribution in [0.5, 0.6) is 0 Å². The molecule has 0 saturated heterocycles. The fraction of sp³-hybridized carbons (Fsp3) is 0.353. The fourth-order valence-corrected chi connectivity index (χ4v) is 4.50. The van der Waals surface area contributed by atoms with Crippen LogP contribution in [0, 0.1) is 6.92 Å². The molecule has 0 spiro atoms. The van der Waals surface area contributed by atoms with Crippen molar-refractivity contribution >= 4 is 46.1 Å². The second-order valence-electron chi connectivity index (χ2n) is 5.96. The Bertz CT molecular complexity index is 744. The summed E-state index contributed by atoms with van der Waals surface area (Å²) in [5, 5.41) is 5.99. The zero-order valence-corrected chi connectivity index (χ0v) is 15.4. The number of rotatable bonds is 3. The number of halogens is 2. The standard InChI is InChI=1S/C17H18Cl2N2OS/c1-10-3-4-13(18)17(16(10)19)20-15(22)9-21-7-5-14-12(11(21)2)6-8-23-14/h3-4,6,8,11H,5,7,9H2,1-2H3,(H,20,22)/p+1/t11-/m1/s1. The molecule has 3 nitrogen and oxygen atoms in total. The Kier molecular flexibility index (Phi) is 4.97. The summed E-state index contributed by atoms with van der Waals surface area (Å²) in [5.41, 5.74) is 2.78. The molecule has 1 unspecified atom stereocenters. The summed E-state index contributed by atoms with van der Waals surface area (Å²) in [6.45, 7) is 5.46. The normalized spacial score (nSPS) is 20.2. The van der Waals surface area contributed by atoms with Gasteiger partial charge in [0.25, 0.3) is 5.91 Å². The van der Waals surface area contributed by atoms with Gasteiger partial charge in [-0.2, -0.15) is 0 Å². The molecule has 2 N–H and O–H groups in total. The third-order valence-corrected chi connectivity index (χ3v) is 6.27. The Hall–Kier alpha value is -1.07. The minimum Gasteiger partial charge on any atom is -0.321 e. The van der Waals surface area contributed by atoms with Crippen LogP contribution in [0.2, 0.25) is 10.0 Å². The van der Waals surface area contributed by atoms with Gasteiger partial charge in [0, 0.05) is 16.9 Å². The van der Waals surface area contributed by atoms with E-state index in [9.17, 15) is 4.79 Å². The van der Waals surface area contributed by atoms with Crippen LogP contribution in [0.25, 0.3) is 0 Å². The van der Waals surface area contributed by atoms with E-state index in [1.165, 1.54) is 15.3 Å². The number of benzene rings is 1. The molecular weight excluding hydrogens is 351 g/mol. The van der Waals surface area contributed by atoms with Crippen LogP contribution in [0.4, 0.5) is 5.69 Å². The molecule has 1 aromatic carbocycles. The maximum Gasteiger partial charge on any atom is 0.279 e. The van der Waals surface area contributed by atoms with E-state index in [0.717, 1.165) is 18.5 Å². The number of fused-ring (bicyclic) bond motifs is 1. The second kappa shape index (κ2) is 6.81. The van der Waals surface area contributed by atoms with Crippen molar-refractivity contribution in [3.05, 3.63) is 49.6 Å². The molecule has 0 radical (unpaired) electrons. The quantitative estimate of drug-likeness (QED) is 0.852. The Labute approximate surface area is 150 Å². The predicted octanol–water partition coefficient (Wildman–Crippen LogP) is 3.50. The van der Waals surface area contributed by atoms with Crippen molar-refractivity contribution in [1.82, 2.24) is 0 Å². The summed E-state index contributed by atoms with van der Waals surface area (Å²) in [7, 11) is 0. The highest BCUT2D eigenvalue weighted by Gasteiger charge is 2.29. The lowest BCUT2D eigenvalue weighted by Crippen LogP contribution is -3.14. The van der Waals surface area contributed by atoms with Gasteiger partial charge in [0.2, 0.25) is 0 Å². The van der Waals surface area contributed by atoms with E-state index in [-0.39, 0.29) is 5.91 Å². The molecule has 0 fully saturated rings. The highest BCUT2D eigenvalue weighted by Crippen LogP contribution is 2.32. The number of aryl methyl sites for hydroxylation is 1. The van der Waals surface area contributed by atoms with Gasteiger partial charge in [-0.25, -0.2) is 0 Å². The molecule has 1 aromatic heterocycles. The largest absolute Gasteiger partial charge is 0.321 e. The van der Waals surface area contributed by atoms with Crippen LogP contribution < -0.4 is 10.2 Å². The molecule has 1 aliphatic rings. The van der Waals surface area contributed by atoms with Crippen molar-refractivity contribution in [2.75, 3.05) is 18.4 Å². The van der Waals surface area contributed by atoms with Gasteiger partial charge < -0.3 is 10.2 Å². The lowest BCUT2D eigenvalue weighted by molar-refractivity contribution is -0.923. The van der Waals surface area contributed by atoms with Gasteiger partial charge in [0.05, 0.1) is 22.3 Å². The Morgan fingerprint density at radius 2 is 2.17 bits per heavy atom. The van der Waals surface area contributed by atoms with Crippen molar-refractivity contribution in [2.24, 2.45) is 0 Å². The predicted molar refractivity (Wildman–Crippen MR) is 97.0 cm³/mol. The third-order valence-electron chi connectivity index (χ3n) is 4.47. The smallest absolute Gasteiger partial charge is 0.279 e. The van der Waals surface area contributed by atoms with E-state index < -0.39 is 0 Å². The van der Waals surface area contributed by atoms with Crippen molar-refractivity contribution in [3.8, 4) is 0 Å². The van der Waals surface area contributed by atoms with Gasteiger partial charge in [-0.1, -0.05) is 29.3 Å². The van der Waals surface area contributed by atoms with Crippen LogP contribution in [-0.4, -0.2) is 19.0 Å². The van der Waals surface area contributed by atoms with E-state index in [2.05, 4.69) is 23.7 Å². The molecule has 122 valence electrons. The monoisotopic (exact) mass is 369 g/mol. The highest BCUT2D eigenvalue weighted by molar-refractivity contribution is 7.10. The van der Waals surface area contributed by atoms with Crippen LogP contribution in [0.15, 0.2) is 23.6 Å². The number of carbonyl (C=O) groups is 1. The molecule has 1 aliphatic heterocycles. The second-order valence-corrected chi connectivity index (χ2v) is 7.74.